The number of carbonyl (C=O) groups excluding carboxylic acids is 1. The molecule has 2 atom stereocenters. The zero-order valence-corrected chi connectivity index (χ0v) is 22.4. The standard InChI is InChI=1S/C24H40N6O2.HI/c1-26-24(27-11-7-13-29-12-6-9-20(18-29)23(25)31)28-17-22(30-14-3-4-15-30)19-8-5-10-21(16-19)32-2;/h5,8,10,16,20,22H,3-4,6-7,9,11-15,17-18H2,1-2H3,(H2,25,31)(H2,26,27,28);1H. The van der Waals surface area contributed by atoms with Gasteiger partial charge in [-0.15, -0.1) is 24.0 Å². The lowest BCUT2D eigenvalue weighted by Gasteiger charge is -2.31. The molecule has 2 aliphatic heterocycles. The molecule has 0 spiro atoms. The van der Waals surface area contributed by atoms with E-state index in [1.807, 2.05) is 13.1 Å². The minimum atomic E-state index is -0.166. The van der Waals surface area contributed by atoms with Gasteiger partial charge in [-0.1, -0.05) is 12.1 Å². The Morgan fingerprint density at radius 3 is 2.73 bits per heavy atom. The molecule has 1 aromatic carbocycles. The normalized spacial score (nSPS) is 20.7. The van der Waals surface area contributed by atoms with Crippen molar-refractivity contribution in [3.63, 3.8) is 0 Å². The van der Waals surface area contributed by atoms with Gasteiger partial charge in [0.25, 0.3) is 0 Å². The van der Waals surface area contributed by atoms with Crippen LogP contribution in [-0.2, 0) is 4.79 Å². The SMILES string of the molecule is CN=C(NCCCN1CCCC(C(N)=O)C1)NCC(c1cccc(OC)c1)N1CCCC1.I. The van der Waals surface area contributed by atoms with E-state index < -0.39 is 0 Å². The van der Waals surface area contributed by atoms with Crippen molar-refractivity contribution >= 4 is 35.8 Å². The molecule has 0 bridgehead atoms. The fourth-order valence-electron chi connectivity index (χ4n) is 4.77. The highest BCUT2D eigenvalue weighted by Crippen LogP contribution is 2.27. The first-order chi connectivity index (χ1) is 15.6. The molecule has 0 aromatic heterocycles. The van der Waals surface area contributed by atoms with Crippen LogP contribution in [0.15, 0.2) is 29.3 Å². The van der Waals surface area contributed by atoms with Crippen LogP contribution < -0.4 is 21.1 Å². The Balaban J connectivity index is 0.00000385. The number of methoxy groups -OCH3 is 1. The minimum Gasteiger partial charge on any atom is -0.497 e. The second-order valence-electron chi connectivity index (χ2n) is 8.81. The Bertz CT molecular complexity index is 756. The second-order valence-corrected chi connectivity index (χ2v) is 8.81. The van der Waals surface area contributed by atoms with Crippen molar-refractivity contribution in [2.24, 2.45) is 16.6 Å². The number of ether oxygens (including phenoxy) is 1. The number of halogens is 1. The van der Waals surface area contributed by atoms with Crippen LogP contribution in [-0.4, -0.2) is 81.6 Å². The summed E-state index contributed by atoms with van der Waals surface area (Å²) >= 11 is 0. The number of piperidine rings is 1. The Kier molecular flexibility index (Phi) is 12.3. The predicted molar refractivity (Wildman–Crippen MR) is 144 cm³/mol. The van der Waals surface area contributed by atoms with E-state index in [4.69, 9.17) is 10.5 Å². The number of hydrogen-bond donors (Lipinski definition) is 3. The Labute approximate surface area is 215 Å². The molecule has 2 saturated heterocycles. The quantitative estimate of drug-likeness (QED) is 0.172. The van der Waals surface area contributed by atoms with Crippen molar-refractivity contribution < 1.29 is 9.53 Å². The highest BCUT2D eigenvalue weighted by atomic mass is 127. The molecular formula is C24H41IN6O2. The van der Waals surface area contributed by atoms with E-state index in [1.54, 1.807) is 7.11 Å². The molecule has 0 aliphatic carbocycles. The maximum atomic E-state index is 11.5. The van der Waals surface area contributed by atoms with Crippen LogP contribution in [0.25, 0.3) is 0 Å². The summed E-state index contributed by atoms with van der Waals surface area (Å²) in [5, 5.41) is 6.96. The summed E-state index contributed by atoms with van der Waals surface area (Å²) < 4.78 is 5.44. The summed E-state index contributed by atoms with van der Waals surface area (Å²) in [5.41, 5.74) is 6.76. The van der Waals surface area contributed by atoms with Crippen molar-refractivity contribution in [3.05, 3.63) is 29.8 Å². The van der Waals surface area contributed by atoms with Gasteiger partial charge in [-0.3, -0.25) is 14.7 Å². The molecule has 8 nitrogen and oxygen atoms in total. The first kappa shape index (κ1) is 27.7. The molecule has 186 valence electrons. The molecule has 1 amide bonds. The molecule has 0 radical (unpaired) electrons. The van der Waals surface area contributed by atoms with Crippen LogP contribution in [0.2, 0.25) is 0 Å². The van der Waals surface area contributed by atoms with Gasteiger partial charge in [-0.25, -0.2) is 0 Å². The van der Waals surface area contributed by atoms with Gasteiger partial charge in [-0.2, -0.15) is 0 Å². The molecule has 9 heteroatoms. The van der Waals surface area contributed by atoms with E-state index in [-0.39, 0.29) is 41.8 Å². The highest BCUT2D eigenvalue weighted by molar-refractivity contribution is 14.0. The average molecular weight is 573 g/mol. The molecule has 2 fully saturated rings. The van der Waals surface area contributed by atoms with E-state index in [0.29, 0.717) is 0 Å². The van der Waals surface area contributed by atoms with Gasteiger partial charge in [0.15, 0.2) is 5.96 Å². The molecule has 2 heterocycles. The minimum absolute atomic E-state index is 0. The van der Waals surface area contributed by atoms with Crippen LogP contribution in [0.4, 0.5) is 0 Å². The molecule has 33 heavy (non-hydrogen) atoms. The molecule has 3 rings (SSSR count). The summed E-state index contributed by atoms with van der Waals surface area (Å²) in [6.07, 6.45) is 5.47. The van der Waals surface area contributed by atoms with Crippen molar-refractivity contribution in [3.8, 4) is 5.75 Å². The lowest BCUT2D eigenvalue weighted by molar-refractivity contribution is -0.123. The first-order valence-corrected chi connectivity index (χ1v) is 11.9. The Morgan fingerprint density at radius 1 is 1.24 bits per heavy atom. The zero-order chi connectivity index (χ0) is 22.8. The van der Waals surface area contributed by atoms with Gasteiger partial charge in [0.1, 0.15) is 5.75 Å². The molecule has 2 unspecified atom stereocenters. The number of aliphatic imine (C=N–C) groups is 1. The lowest BCUT2D eigenvalue weighted by atomic mass is 9.97. The number of carbonyl (C=O) groups is 1. The first-order valence-electron chi connectivity index (χ1n) is 11.9. The van der Waals surface area contributed by atoms with Crippen molar-refractivity contribution in [1.82, 2.24) is 20.4 Å². The van der Waals surface area contributed by atoms with Crippen molar-refractivity contribution in [2.75, 3.05) is 60.0 Å². The number of primary amides is 1. The summed E-state index contributed by atoms with van der Waals surface area (Å²) in [5.74, 6) is 1.56. The molecule has 4 N–H and O–H groups in total. The highest BCUT2D eigenvalue weighted by Gasteiger charge is 2.25. The fraction of sp³-hybridized carbons (Fsp3) is 0.667. The molecule has 0 saturated carbocycles. The molecular weight excluding hydrogens is 531 g/mol. The number of hydrogen-bond acceptors (Lipinski definition) is 5. The van der Waals surface area contributed by atoms with Gasteiger partial charge in [0.05, 0.1) is 19.1 Å². The number of benzene rings is 1. The van der Waals surface area contributed by atoms with E-state index >= 15 is 0 Å². The van der Waals surface area contributed by atoms with Crippen LogP contribution in [0.1, 0.15) is 43.7 Å². The summed E-state index contributed by atoms with van der Waals surface area (Å²) in [6, 6.07) is 8.66. The summed E-state index contributed by atoms with van der Waals surface area (Å²) in [6.45, 7) is 6.68. The number of guanidine groups is 1. The van der Waals surface area contributed by atoms with Crippen molar-refractivity contribution in [2.45, 2.75) is 38.1 Å². The molecule has 2 aliphatic rings. The number of nitrogens with zero attached hydrogens (tertiary/aromatic N) is 3. The van der Waals surface area contributed by atoms with E-state index in [0.717, 1.165) is 76.8 Å². The third-order valence-corrected chi connectivity index (χ3v) is 6.60. The number of likely N-dealkylation sites (tertiary alicyclic amines) is 2. The Morgan fingerprint density at radius 2 is 2.03 bits per heavy atom. The third-order valence-electron chi connectivity index (χ3n) is 6.60. The van der Waals surface area contributed by atoms with Crippen LogP contribution in [0, 0.1) is 5.92 Å². The summed E-state index contributed by atoms with van der Waals surface area (Å²) in [4.78, 5) is 20.8. The van der Waals surface area contributed by atoms with E-state index in [2.05, 4.69) is 43.6 Å². The maximum Gasteiger partial charge on any atom is 0.221 e. The predicted octanol–water partition coefficient (Wildman–Crippen LogP) is 2.20. The second kappa shape index (κ2) is 14.6. The Hall–Kier alpha value is -1.59. The average Bonchev–Trinajstić information content (AvgIpc) is 3.35. The molecule has 1 aromatic rings. The van der Waals surface area contributed by atoms with Gasteiger partial charge in [-0.05, 0) is 76.0 Å². The van der Waals surface area contributed by atoms with Gasteiger partial charge in [0.2, 0.25) is 5.91 Å². The number of nitrogens with one attached hydrogen (secondary N) is 2. The van der Waals surface area contributed by atoms with Gasteiger partial charge < -0.3 is 26.0 Å². The lowest BCUT2D eigenvalue weighted by Crippen LogP contribution is -2.44. The number of rotatable bonds is 10. The third kappa shape index (κ3) is 8.60. The van der Waals surface area contributed by atoms with E-state index in [9.17, 15) is 4.79 Å². The summed E-state index contributed by atoms with van der Waals surface area (Å²) in [7, 11) is 3.53. The number of amides is 1. The monoisotopic (exact) mass is 572 g/mol. The zero-order valence-electron chi connectivity index (χ0n) is 20.1. The van der Waals surface area contributed by atoms with Crippen molar-refractivity contribution in [1.29, 1.82) is 0 Å². The van der Waals surface area contributed by atoms with Crippen LogP contribution in [0.5, 0.6) is 5.75 Å². The van der Waals surface area contributed by atoms with Crippen LogP contribution >= 0.6 is 24.0 Å². The van der Waals surface area contributed by atoms with Gasteiger partial charge >= 0.3 is 0 Å². The van der Waals surface area contributed by atoms with E-state index in [1.165, 1.54) is 18.4 Å². The topological polar surface area (TPSA) is 95.2 Å². The fourth-order valence-corrected chi connectivity index (χ4v) is 4.77. The number of nitrogens with two attached hydrogens (primary N) is 1. The smallest absolute Gasteiger partial charge is 0.221 e. The van der Waals surface area contributed by atoms with Crippen LogP contribution in [0.3, 0.4) is 0 Å². The maximum absolute atomic E-state index is 11.5. The van der Waals surface area contributed by atoms with Gasteiger partial charge in [0, 0.05) is 26.7 Å². The largest absolute Gasteiger partial charge is 0.497 e.